The van der Waals surface area contributed by atoms with Gasteiger partial charge in [0.1, 0.15) is 11.4 Å². The number of methoxy groups -OCH3 is 1. The SMILES string of the molecule is COc1ccccc1-n1nnnc1SC(C)C(=O)NCCc1ccccc1. The predicted octanol–water partition coefficient (Wildman–Crippen LogP) is 2.51. The minimum Gasteiger partial charge on any atom is -0.494 e. The molecule has 140 valence electrons. The molecule has 1 N–H and O–H groups in total. The van der Waals surface area contributed by atoms with Crippen LogP contribution in [0, 0.1) is 0 Å². The van der Waals surface area contributed by atoms with Crippen LogP contribution >= 0.6 is 11.8 Å². The first kappa shape index (κ1) is 18.9. The monoisotopic (exact) mass is 383 g/mol. The molecule has 1 atom stereocenters. The third-order valence-corrected chi connectivity index (χ3v) is 4.99. The van der Waals surface area contributed by atoms with E-state index in [1.165, 1.54) is 17.3 Å². The molecule has 0 saturated carbocycles. The zero-order chi connectivity index (χ0) is 19.1. The maximum atomic E-state index is 12.4. The molecule has 3 aromatic rings. The zero-order valence-electron chi connectivity index (χ0n) is 15.2. The van der Waals surface area contributed by atoms with Crippen molar-refractivity contribution >= 4 is 17.7 Å². The molecule has 3 rings (SSSR count). The molecule has 0 saturated heterocycles. The number of nitrogens with one attached hydrogen (secondary N) is 1. The topological polar surface area (TPSA) is 81.9 Å². The Labute approximate surface area is 162 Å². The van der Waals surface area contributed by atoms with E-state index < -0.39 is 0 Å². The molecule has 7 nitrogen and oxygen atoms in total. The molecule has 1 unspecified atom stereocenters. The zero-order valence-corrected chi connectivity index (χ0v) is 16.0. The molecular formula is C19H21N5O2S. The summed E-state index contributed by atoms with van der Waals surface area (Å²) in [4.78, 5) is 12.4. The highest BCUT2D eigenvalue weighted by molar-refractivity contribution is 8.00. The lowest BCUT2D eigenvalue weighted by Crippen LogP contribution is -2.32. The average Bonchev–Trinajstić information content (AvgIpc) is 3.16. The van der Waals surface area contributed by atoms with Gasteiger partial charge in [0.15, 0.2) is 0 Å². The number of benzene rings is 2. The highest BCUT2D eigenvalue weighted by Crippen LogP contribution is 2.27. The molecule has 1 aromatic heterocycles. The fourth-order valence-electron chi connectivity index (χ4n) is 2.54. The van der Waals surface area contributed by atoms with Crippen LogP contribution in [0.1, 0.15) is 12.5 Å². The van der Waals surface area contributed by atoms with E-state index in [4.69, 9.17) is 4.74 Å². The average molecular weight is 383 g/mol. The van der Waals surface area contributed by atoms with Gasteiger partial charge in [-0.05, 0) is 41.5 Å². The van der Waals surface area contributed by atoms with Gasteiger partial charge in [0.2, 0.25) is 11.1 Å². The van der Waals surface area contributed by atoms with Gasteiger partial charge in [-0.15, -0.1) is 5.10 Å². The molecule has 8 heteroatoms. The molecule has 0 radical (unpaired) electrons. The van der Waals surface area contributed by atoms with E-state index in [9.17, 15) is 4.79 Å². The Morgan fingerprint density at radius 3 is 2.70 bits per heavy atom. The van der Waals surface area contributed by atoms with Gasteiger partial charge < -0.3 is 10.1 Å². The fourth-order valence-corrected chi connectivity index (χ4v) is 3.36. The quantitative estimate of drug-likeness (QED) is 0.602. The van der Waals surface area contributed by atoms with Gasteiger partial charge in [-0.25, -0.2) is 0 Å². The van der Waals surface area contributed by atoms with Crippen LogP contribution in [-0.4, -0.2) is 45.0 Å². The molecule has 27 heavy (non-hydrogen) atoms. The summed E-state index contributed by atoms with van der Waals surface area (Å²) in [6, 6.07) is 17.5. The Morgan fingerprint density at radius 1 is 1.19 bits per heavy atom. The summed E-state index contributed by atoms with van der Waals surface area (Å²) in [5, 5.41) is 15.0. The number of hydrogen-bond acceptors (Lipinski definition) is 6. The van der Waals surface area contributed by atoms with Crippen LogP contribution in [0.15, 0.2) is 59.8 Å². The first-order valence-electron chi connectivity index (χ1n) is 8.59. The second kappa shape index (κ2) is 9.18. The smallest absolute Gasteiger partial charge is 0.233 e. The van der Waals surface area contributed by atoms with Crippen molar-refractivity contribution in [3.63, 3.8) is 0 Å². The van der Waals surface area contributed by atoms with E-state index in [0.717, 1.165) is 12.1 Å². The third-order valence-electron chi connectivity index (χ3n) is 3.96. The number of carbonyl (C=O) groups excluding carboxylic acids is 1. The molecule has 2 aromatic carbocycles. The van der Waals surface area contributed by atoms with Crippen molar-refractivity contribution in [2.45, 2.75) is 23.8 Å². The van der Waals surface area contributed by atoms with Crippen molar-refractivity contribution in [2.24, 2.45) is 0 Å². The standard InChI is InChI=1S/C19H21N5O2S/c1-14(18(25)20-13-12-15-8-4-3-5-9-15)27-19-21-22-23-24(19)16-10-6-7-11-17(16)26-2/h3-11,14H,12-13H2,1-2H3,(H,20,25). The first-order valence-corrected chi connectivity index (χ1v) is 9.47. The van der Waals surface area contributed by atoms with Crippen LogP contribution in [0.25, 0.3) is 5.69 Å². The number of aromatic nitrogens is 4. The van der Waals surface area contributed by atoms with Gasteiger partial charge in [-0.1, -0.05) is 54.2 Å². The lowest BCUT2D eigenvalue weighted by atomic mass is 10.1. The lowest BCUT2D eigenvalue weighted by molar-refractivity contribution is -0.120. The summed E-state index contributed by atoms with van der Waals surface area (Å²) in [7, 11) is 1.60. The van der Waals surface area contributed by atoms with E-state index in [-0.39, 0.29) is 11.2 Å². The molecule has 0 aliphatic heterocycles. The van der Waals surface area contributed by atoms with E-state index in [1.54, 1.807) is 11.8 Å². The number of para-hydroxylation sites is 2. The van der Waals surface area contributed by atoms with Crippen molar-refractivity contribution in [1.82, 2.24) is 25.5 Å². The minimum atomic E-state index is -0.333. The second-order valence-electron chi connectivity index (χ2n) is 5.83. The molecule has 1 amide bonds. The number of amides is 1. The Morgan fingerprint density at radius 2 is 1.93 bits per heavy atom. The number of rotatable bonds is 8. The summed E-state index contributed by atoms with van der Waals surface area (Å²) in [5.74, 6) is 0.608. The van der Waals surface area contributed by atoms with E-state index in [1.807, 2.05) is 61.5 Å². The Kier molecular flexibility index (Phi) is 6.43. The molecular weight excluding hydrogens is 362 g/mol. The number of hydrogen-bond donors (Lipinski definition) is 1. The summed E-state index contributed by atoms with van der Waals surface area (Å²) in [5.41, 5.74) is 1.92. The van der Waals surface area contributed by atoms with Crippen molar-refractivity contribution in [1.29, 1.82) is 0 Å². The van der Waals surface area contributed by atoms with Crippen LogP contribution in [0.4, 0.5) is 0 Å². The fraction of sp³-hybridized carbons (Fsp3) is 0.263. The Bertz CT molecular complexity index is 885. The maximum Gasteiger partial charge on any atom is 0.233 e. The van der Waals surface area contributed by atoms with Crippen molar-refractivity contribution in [2.75, 3.05) is 13.7 Å². The number of carbonyl (C=O) groups is 1. The van der Waals surface area contributed by atoms with Crippen LogP contribution in [0.3, 0.4) is 0 Å². The first-order chi connectivity index (χ1) is 13.2. The lowest BCUT2D eigenvalue weighted by Gasteiger charge is -2.13. The van der Waals surface area contributed by atoms with Crippen LogP contribution in [0.2, 0.25) is 0 Å². The second-order valence-corrected chi connectivity index (χ2v) is 7.14. The Hall–Kier alpha value is -2.87. The van der Waals surface area contributed by atoms with Crippen LogP contribution in [0.5, 0.6) is 5.75 Å². The maximum absolute atomic E-state index is 12.4. The predicted molar refractivity (Wildman–Crippen MR) is 104 cm³/mol. The Balaban J connectivity index is 1.60. The largest absolute Gasteiger partial charge is 0.494 e. The van der Waals surface area contributed by atoms with Crippen LogP contribution in [-0.2, 0) is 11.2 Å². The summed E-state index contributed by atoms with van der Waals surface area (Å²) < 4.78 is 6.95. The van der Waals surface area contributed by atoms with E-state index in [2.05, 4.69) is 20.8 Å². The van der Waals surface area contributed by atoms with Gasteiger partial charge >= 0.3 is 0 Å². The number of nitrogens with zero attached hydrogens (tertiary/aromatic N) is 4. The summed E-state index contributed by atoms with van der Waals surface area (Å²) >= 11 is 1.30. The van der Waals surface area contributed by atoms with Crippen molar-refractivity contribution < 1.29 is 9.53 Å². The van der Waals surface area contributed by atoms with Crippen LogP contribution < -0.4 is 10.1 Å². The van der Waals surface area contributed by atoms with E-state index >= 15 is 0 Å². The molecule has 0 aliphatic carbocycles. The summed E-state index contributed by atoms with van der Waals surface area (Å²) in [6.07, 6.45) is 0.795. The molecule has 0 fully saturated rings. The van der Waals surface area contributed by atoms with Crippen molar-refractivity contribution in [3.05, 3.63) is 60.2 Å². The molecule has 0 bridgehead atoms. The van der Waals surface area contributed by atoms with Gasteiger partial charge in [-0.2, -0.15) is 4.68 Å². The molecule has 0 aliphatic rings. The minimum absolute atomic E-state index is 0.0505. The van der Waals surface area contributed by atoms with Gasteiger partial charge in [-0.3, -0.25) is 4.79 Å². The molecule has 1 heterocycles. The summed E-state index contributed by atoms with van der Waals surface area (Å²) in [6.45, 7) is 2.43. The van der Waals surface area contributed by atoms with E-state index in [0.29, 0.717) is 17.5 Å². The highest BCUT2D eigenvalue weighted by Gasteiger charge is 2.20. The van der Waals surface area contributed by atoms with Gasteiger partial charge in [0.05, 0.1) is 12.4 Å². The number of tetrazole rings is 1. The van der Waals surface area contributed by atoms with Gasteiger partial charge in [0, 0.05) is 6.54 Å². The third kappa shape index (κ3) is 4.85. The number of thioether (sulfide) groups is 1. The van der Waals surface area contributed by atoms with Gasteiger partial charge in [0.25, 0.3) is 0 Å². The molecule has 0 spiro atoms. The van der Waals surface area contributed by atoms with Crippen molar-refractivity contribution in [3.8, 4) is 11.4 Å². The normalized spacial score (nSPS) is 11.8. The number of ether oxygens (including phenoxy) is 1. The highest BCUT2D eigenvalue weighted by atomic mass is 32.2.